The Balaban J connectivity index is 1.78. The number of halogens is 1. The number of nitrogens with one attached hydrogen (secondary N) is 1. The van der Waals surface area contributed by atoms with Crippen LogP contribution in [0.25, 0.3) is 11.0 Å². The zero-order valence-electron chi connectivity index (χ0n) is 12.2. The molecule has 3 rings (SSSR count). The number of aryl methyl sites for hydroxylation is 1. The third-order valence-corrected chi connectivity index (χ3v) is 3.96. The van der Waals surface area contributed by atoms with Crippen LogP contribution in [0.3, 0.4) is 0 Å². The van der Waals surface area contributed by atoms with E-state index >= 15 is 0 Å². The van der Waals surface area contributed by atoms with Crippen LogP contribution in [-0.4, -0.2) is 5.91 Å². The Morgan fingerprint density at radius 1 is 1.23 bits per heavy atom. The first-order valence-corrected chi connectivity index (χ1v) is 7.58. The zero-order valence-corrected chi connectivity index (χ0v) is 13.0. The van der Waals surface area contributed by atoms with Crippen LogP contribution in [0.2, 0.25) is 5.02 Å². The lowest BCUT2D eigenvalue weighted by molar-refractivity contribution is -0.115. The fourth-order valence-electron chi connectivity index (χ4n) is 2.41. The van der Waals surface area contributed by atoms with Crippen LogP contribution in [0, 0.1) is 0 Å². The average Bonchev–Trinajstić information content (AvgIpc) is 2.91. The summed E-state index contributed by atoms with van der Waals surface area (Å²) in [7, 11) is 0. The molecule has 3 aromatic rings. The molecule has 0 fully saturated rings. The number of carbonyl (C=O) groups is 1. The quantitative estimate of drug-likeness (QED) is 0.749. The lowest BCUT2D eigenvalue weighted by Crippen LogP contribution is -2.14. The van der Waals surface area contributed by atoms with Gasteiger partial charge in [0.05, 0.1) is 23.4 Å². The fourth-order valence-corrected chi connectivity index (χ4v) is 2.60. The van der Waals surface area contributed by atoms with Gasteiger partial charge in [0.2, 0.25) is 5.91 Å². The van der Waals surface area contributed by atoms with Crippen LogP contribution in [0.1, 0.15) is 18.1 Å². The summed E-state index contributed by atoms with van der Waals surface area (Å²) in [5.74, 6) is -0.115. The highest BCUT2D eigenvalue weighted by Gasteiger charge is 2.12. The fraction of sp³-hybridized carbons (Fsp3) is 0.167. The molecule has 3 nitrogen and oxygen atoms in total. The van der Waals surface area contributed by atoms with Gasteiger partial charge in [0, 0.05) is 10.9 Å². The van der Waals surface area contributed by atoms with Crippen LogP contribution < -0.4 is 5.32 Å². The topological polar surface area (TPSA) is 42.2 Å². The molecule has 1 N–H and O–H groups in total. The molecular weight excluding hydrogens is 298 g/mol. The van der Waals surface area contributed by atoms with Gasteiger partial charge in [-0.2, -0.15) is 0 Å². The minimum absolute atomic E-state index is 0.115. The maximum absolute atomic E-state index is 12.2. The molecule has 4 heteroatoms. The van der Waals surface area contributed by atoms with Gasteiger partial charge in [-0.05, 0) is 30.2 Å². The predicted octanol–water partition coefficient (Wildman–Crippen LogP) is 4.83. The summed E-state index contributed by atoms with van der Waals surface area (Å²) in [5.41, 5.74) is 3.53. The second kappa shape index (κ2) is 6.24. The molecule has 0 saturated carbocycles. The Morgan fingerprint density at radius 2 is 2.05 bits per heavy atom. The Bertz CT molecular complexity index is 823. The molecule has 0 aliphatic rings. The van der Waals surface area contributed by atoms with E-state index in [1.807, 2.05) is 24.3 Å². The van der Waals surface area contributed by atoms with Crippen molar-refractivity contribution in [1.82, 2.24) is 0 Å². The van der Waals surface area contributed by atoms with Crippen molar-refractivity contribution in [2.45, 2.75) is 19.8 Å². The summed E-state index contributed by atoms with van der Waals surface area (Å²) in [6, 6.07) is 13.3. The molecule has 1 heterocycles. The normalized spacial score (nSPS) is 10.8. The van der Waals surface area contributed by atoms with Gasteiger partial charge in [-0.25, -0.2) is 0 Å². The summed E-state index contributed by atoms with van der Waals surface area (Å²) in [6.45, 7) is 2.10. The van der Waals surface area contributed by atoms with Gasteiger partial charge in [0.1, 0.15) is 5.58 Å². The van der Waals surface area contributed by atoms with Gasteiger partial charge in [-0.3, -0.25) is 4.79 Å². The van der Waals surface area contributed by atoms with E-state index in [4.69, 9.17) is 16.0 Å². The number of anilines is 1. The van der Waals surface area contributed by atoms with E-state index in [0.29, 0.717) is 10.7 Å². The number of carbonyl (C=O) groups excluding carboxylic acids is 1. The highest BCUT2D eigenvalue weighted by Crippen LogP contribution is 2.24. The summed E-state index contributed by atoms with van der Waals surface area (Å²) in [4.78, 5) is 12.2. The number of hydrogen-bond acceptors (Lipinski definition) is 2. The Hall–Kier alpha value is -2.26. The van der Waals surface area contributed by atoms with Crippen molar-refractivity contribution in [2.75, 3.05) is 5.32 Å². The Labute approximate surface area is 133 Å². The van der Waals surface area contributed by atoms with Crippen molar-refractivity contribution < 1.29 is 9.21 Å². The summed E-state index contributed by atoms with van der Waals surface area (Å²) in [6.07, 6.45) is 2.86. The van der Waals surface area contributed by atoms with Crippen molar-refractivity contribution in [3.05, 3.63) is 64.9 Å². The maximum atomic E-state index is 12.2. The molecule has 0 spiro atoms. The number of para-hydroxylation sites is 1. The van der Waals surface area contributed by atoms with E-state index in [9.17, 15) is 4.79 Å². The standard InChI is InChI=1S/C18H16ClNO2/c1-2-12-7-8-14-13(11-22-17(14)9-12)10-18(21)20-16-6-4-3-5-15(16)19/h3-9,11H,2,10H2,1H3,(H,20,21). The van der Waals surface area contributed by atoms with Crippen molar-refractivity contribution in [2.24, 2.45) is 0 Å². The Morgan fingerprint density at radius 3 is 2.82 bits per heavy atom. The van der Waals surface area contributed by atoms with Gasteiger partial charge >= 0.3 is 0 Å². The number of fused-ring (bicyclic) bond motifs is 1. The van der Waals surface area contributed by atoms with Crippen LogP contribution >= 0.6 is 11.6 Å². The summed E-state index contributed by atoms with van der Waals surface area (Å²) in [5, 5.41) is 4.33. The van der Waals surface area contributed by atoms with E-state index < -0.39 is 0 Å². The van der Waals surface area contributed by atoms with Crippen molar-refractivity contribution >= 4 is 34.2 Å². The van der Waals surface area contributed by atoms with Crippen LogP contribution in [-0.2, 0) is 17.6 Å². The lowest BCUT2D eigenvalue weighted by atomic mass is 10.1. The van der Waals surface area contributed by atoms with Crippen LogP contribution in [0.4, 0.5) is 5.69 Å². The molecule has 2 aromatic carbocycles. The summed E-state index contributed by atoms with van der Waals surface area (Å²) < 4.78 is 5.56. The van der Waals surface area contributed by atoms with Gasteiger partial charge in [-0.15, -0.1) is 0 Å². The number of rotatable bonds is 4. The molecule has 0 unspecified atom stereocenters. The number of amides is 1. The molecule has 1 aromatic heterocycles. The zero-order chi connectivity index (χ0) is 15.5. The molecule has 0 atom stereocenters. The van der Waals surface area contributed by atoms with E-state index in [0.717, 1.165) is 23.0 Å². The Kier molecular flexibility index (Phi) is 4.16. The third-order valence-electron chi connectivity index (χ3n) is 3.63. The third kappa shape index (κ3) is 3.00. The summed E-state index contributed by atoms with van der Waals surface area (Å²) >= 11 is 6.05. The highest BCUT2D eigenvalue weighted by molar-refractivity contribution is 6.33. The van der Waals surface area contributed by atoms with E-state index in [-0.39, 0.29) is 12.3 Å². The molecule has 0 saturated heterocycles. The largest absolute Gasteiger partial charge is 0.464 e. The van der Waals surface area contributed by atoms with E-state index in [1.54, 1.807) is 18.4 Å². The number of hydrogen-bond donors (Lipinski definition) is 1. The first kappa shape index (κ1) is 14.7. The molecule has 0 bridgehead atoms. The molecule has 0 radical (unpaired) electrons. The van der Waals surface area contributed by atoms with Gasteiger partial charge in [0.25, 0.3) is 0 Å². The van der Waals surface area contributed by atoms with E-state index in [1.165, 1.54) is 5.56 Å². The van der Waals surface area contributed by atoms with Crippen molar-refractivity contribution in [1.29, 1.82) is 0 Å². The second-order valence-corrected chi connectivity index (χ2v) is 5.56. The number of benzene rings is 2. The highest BCUT2D eigenvalue weighted by atomic mass is 35.5. The number of furan rings is 1. The first-order chi connectivity index (χ1) is 10.7. The SMILES string of the molecule is CCc1ccc2c(CC(=O)Nc3ccccc3Cl)coc2c1. The maximum Gasteiger partial charge on any atom is 0.228 e. The van der Waals surface area contributed by atoms with Crippen LogP contribution in [0.5, 0.6) is 0 Å². The minimum Gasteiger partial charge on any atom is -0.464 e. The van der Waals surface area contributed by atoms with Crippen molar-refractivity contribution in [3.63, 3.8) is 0 Å². The lowest BCUT2D eigenvalue weighted by Gasteiger charge is -2.06. The van der Waals surface area contributed by atoms with E-state index in [2.05, 4.69) is 18.3 Å². The predicted molar refractivity (Wildman–Crippen MR) is 89.4 cm³/mol. The first-order valence-electron chi connectivity index (χ1n) is 7.20. The molecule has 112 valence electrons. The van der Waals surface area contributed by atoms with Crippen LogP contribution in [0.15, 0.2) is 53.1 Å². The molecule has 0 aliphatic heterocycles. The second-order valence-electron chi connectivity index (χ2n) is 5.15. The average molecular weight is 314 g/mol. The monoisotopic (exact) mass is 313 g/mol. The minimum atomic E-state index is -0.115. The molecule has 22 heavy (non-hydrogen) atoms. The van der Waals surface area contributed by atoms with Crippen molar-refractivity contribution in [3.8, 4) is 0 Å². The molecular formula is C18H16ClNO2. The van der Waals surface area contributed by atoms with Gasteiger partial charge < -0.3 is 9.73 Å². The van der Waals surface area contributed by atoms with Gasteiger partial charge in [-0.1, -0.05) is 42.8 Å². The molecule has 1 amide bonds. The smallest absolute Gasteiger partial charge is 0.228 e. The molecule has 0 aliphatic carbocycles. The van der Waals surface area contributed by atoms with Gasteiger partial charge in [0.15, 0.2) is 0 Å².